The second-order valence-electron chi connectivity index (χ2n) is 3.73. The highest BCUT2D eigenvalue weighted by molar-refractivity contribution is 7.89. The predicted octanol–water partition coefficient (Wildman–Crippen LogP) is 2.50. The lowest BCUT2D eigenvalue weighted by Crippen LogP contribution is -2.38. The molecule has 0 heterocycles. The zero-order valence-corrected chi connectivity index (χ0v) is 11.5. The van der Waals surface area contributed by atoms with Crippen molar-refractivity contribution in [2.24, 2.45) is 0 Å². The lowest BCUT2D eigenvalue weighted by molar-refractivity contribution is -0.135. The third-order valence-corrected chi connectivity index (χ3v) is 4.56. The van der Waals surface area contributed by atoms with Crippen LogP contribution >= 0.6 is 11.6 Å². The Kier molecular flexibility index (Phi) is 4.70. The van der Waals surface area contributed by atoms with Gasteiger partial charge in [0.25, 0.3) is 0 Å². The molecule has 9 heteroatoms. The number of benzene rings is 1. The fraction of sp³-hybridized carbons (Fsp3) is 0.400. The minimum absolute atomic E-state index is 0.0239. The van der Waals surface area contributed by atoms with Crippen LogP contribution in [-0.2, 0) is 10.0 Å². The maximum absolute atomic E-state index is 12.3. The van der Waals surface area contributed by atoms with Crippen LogP contribution in [0.15, 0.2) is 23.1 Å². The van der Waals surface area contributed by atoms with Gasteiger partial charge in [-0.3, -0.25) is 0 Å². The van der Waals surface area contributed by atoms with Crippen LogP contribution < -0.4 is 5.73 Å². The van der Waals surface area contributed by atoms with Crippen LogP contribution in [0.4, 0.5) is 18.9 Å². The minimum atomic E-state index is -4.61. The number of nitrogens with two attached hydrogens (primary N) is 1. The van der Waals surface area contributed by atoms with E-state index < -0.39 is 22.7 Å². The van der Waals surface area contributed by atoms with Crippen molar-refractivity contribution in [3.05, 3.63) is 23.2 Å². The number of rotatable bonds is 4. The molecule has 0 saturated carbocycles. The van der Waals surface area contributed by atoms with Crippen molar-refractivity contribution in [2.75, 3.05) is 18.8 Å². The van der Waals surface area contributed by atoms with Gasteiger partial charge in [0.2, 0.25) is 10.0 Å². The highest BCUT2D eigenvalue weighted by Crippen LogP contribution is 2.26. The van der Waals surface area contributed by atoms with Crippen LogP contribution in [0.2, 0.25) is 5.02 Å². The fourth-order valence-electron chi connectivity index (χ4n) is 1.38. The van der Waals surface area contributed by atoms with Crippen LogP contribution in [0.1, 0.15) is 6.92 Å². The summed E-state index contributed by atoms with van der Waals surface area (Å²) < 4.78 is 61.4. The number of hydrogen-bond acceptors (Lipinski definition) is 3. The van der Waals surface area contributed by atoms with E-state index in [2.05, 4.69) is 0 Å². The standard InChI is InChI=1S/C10H12ClF3N2O2S/c1-2-16(6-10(12,13)14)19(17,18)7-3-4-9(15)8(11)5-7/h3-5H,2,6,15H2,1H3. The number of halogens is 4. The number of alkyl halides is 3. The Morgan fingerprint density at radius 1 is 1.37 bits per heavy atom. The van der Waals surface area contributed by atoms with E-state index in [0.29, 0.717) is 4.31 Å². The average Bonchev–Trinajstić information content (AvgIpc) is 2.28. The number of nitrogen functional groups attached to an aromatic ring is 1. The number of sulfonamides is 1. The smallest absolute Gasteiger partial charge is 0.398 e. The molecule has 4 nitrogen and oxygen atoms in total. The minimum Gasteiger partial charge on any atom is -0.398 e. The van der Waals surface area contributed by atoms with E-state index >= 15 is 0 Å². The largest absolute Gasteiger partial charge is 0.402 e. The van der Waals surface area contributed by atoms with Crippen molar-refractivity contribution >= 4 is 27.3 Å². The maximum atomic E-state index is 12.3. The normalized spacial score (nSPS) is 12.9. The van der Waals surface area contributed by atoms with Crippen molar-refractivity contribution in [2.45, 2.75) is 18.0 Å². The fourth-order valence-corrected chi connectivity index (χ4v) is 3.09. The van der Waals surface area contributed by atoms with E-state index in [1.807, 2.05) is 0 Å². The molecule has 0 aliphatic carbocycles. The molecule has 0 saturated heterocycles. The lowest BCUT2D eigenvalue weighted by atomic mass is 10.3. The summed E-state index contributed by atoms with van der Waals surface area (Å²) in [5, 5.41) is -0.0239. The quantitative estimate of drug-likeness (QED) is 0.868. The molecule has 0 atom stereocenters. The molecule has 0 aliphatic heterocycles. The van der Waals surface area contributed by atoms with Gasteiger partial charge >= 0.3 is 6.18 Å². The molecule has 1 aromatic rings. The summed E-state index contributed by atoms with van der Waals surface area (Å²) in [6.07, 6.45) is -4.61. The highest BCUT2D eigenvalue weighted by atomic mass is 35.5. The van der Waals surface area contributed by atoms with Crippen molar-refractivity contribution in [3.8, 4) is 0 Å². The van der Waals surface area contributed by atoms with Gasteiger partial charge in [0.1, 0.15) is 6.54 Å². The number of anilines is 1. The molecule has 19 heavy (non-hydrogen) atoms. The molecule has 0 spiro atoms. The van der Waals surface area contributed by atoms with Crippen LogP contribution in [-0.4, -0.2) is 32.0 Å². The lowest BCUT2D eigenvalue weighted by Gasteiger charge is -2.22. The van der Waals surface area contributed by atoms with Gasteiger partial charge in [-0.1, -0.05) is 18.5 Å². The van der Waals surface area contributed by atoms with E-state index in [-0.39, 0.29) is 22.2 Å². The van der Waals surface area contributed by atoms with Crippen molar-refractivity contribution < 1.29 is 21.6 Å². The first-order valence-electron chi connectivity index (χ1n) is 5.20. The van der Waals surface area contributed by atoms with Gasteiger partial charge in [0, 0.05) is 6.54 Å². The van der Waals surface area contributed by atoms with Crippen LogP contribution in [0.25, 0.3) is 0 Å². The molecule has 1 rings (SSSR count). The molecule has 0 bridgehead atoms. The molecule has 0 fully saturated rings. The van der Waals surface area contributed by atoms with E-state index in [1.165, 1.54) is 13.0 Å². The molecular formula is C10H12ClF3N2O2S. The van der Waals surface area contributed by atoms with Crippen molar-refractivity contribution in [3.63, 3.8) is 0 Å². The first kappa shape index (κ1) is 16.1. The third-order valence-electron chi connectivity index (χ3n) is 2.32. The Balaban J connectivity index is 3.17. The van der Waals surface area contributed by atoms with E-state index in [1.54, 1.807) is 0 Å². The zero-order chi connectivity index (χ0) is 14.8. The molecule has 108 valence electrons. The molecular weight excluding hydrogens is 305 g/mol. The molecule has 2 N–H and O–H groups in total. The monoisotopic (exact) mass is 316 g/mol. The third kappa shape index (κ3) is 3.99. The van der Waals surface area contributed by atoms with Gasteiger partial charge in [-0.05, 0) is 18.2 Å². The Labute approximate surface area is 114 Å². The SMILES string of the molecule is CCN(CC(F)(F)F)S(=O)(=O)c1ccc(N)c(Cl)c1. The van der Waals surface area contributed by atoms with Crippen LogP contribution in [0.3, 0.4) is 0 Å². The second-order valence-corrected chi connectivity index (χ2v) is 6.07. The van der Waals surface area contributed by atoms with Crippen molar-refractivity contribution in [1.29, 1.82) is 0 Å². The van der Waals surface area contributed by atoms with Gasteiger partial charge in [-0.15, -0.1) is 0 Å². The van der Waals surface area contributed by atoms with Crippen LogP contribution in [0, 0.1) is 0 Å². The topological polar surface area (TPSA) is 63.4 Å². The summed E-state index contributed by atoms with van der Waals surface area (Å²) in [4.78, 5) is -0.321. The Bertz CT molecular complexity index is 560. The predicted molar refractivity (Wildman–Crippen MR) is 66.4 cm³/mol. The Morgan fingerprint density at radius 2 is 1.95 bits per heavy atom. The Morgan fingerprint density at radius 3 is 2.37 bits per heavy atom. The first-order valence-corrected chi connectivity index (χ1v) is 7.01. The molecule has 0 aliphatic rings. The molecule has 0 radical (unpaired) electrons. The summed E-state index contributed by atoms with van der Waals surface area (Å²) in [7, 11) is -4.25. The summed E-state index contributed by atoms with van der Waals surface area (Å²) >= 11 is 5.67. The maximum Gasteiger partial charge on any atom is 0.402 e. The molecule has 0 amide bonds. The van der Waals surface area contributed by atoms with Gasteiger partial charge in [-0.25, -0.2) is 8.42 Å². The second kappa shape index (κ2) is 5.56. The first-order chi connectivity index (χ1) is 8.58. The van der Waals surface area contributed by atoms with E-state index in [0.717, 1.165) is 12.1 Å². The van der Waals surface area contributed by atoms with Crippen molar-refractivity contribution in [1.82, 2.24) is 4.31 Å². The number of hydrogen-bond donors (Lipinski definition) is 1. The van der Waals surface area contributed by atoms with E-state index in [4.69, 9.17) is 17.3 Å². The Hall–Kier alpha value is -0.990. The van der Waals surface area contributed by atoms with Gasteiger partial charge in [-0.2, -0.15) is 17.5 Å². The molecule has 1 aromatic carbocycles. The highest BCUT2D eigenvalue weighted by Gasteiger charge is 2.36. The van der Waals surface area contributed by atoms with Gasteiger partial charge in [0.15, 0.2) is 0 Å². The molecule has 0 aromatic heterocycles. The summed E-state index contributed by atoms with van der Waals surface area (Å²) in [5.41, 5.74) is 5.57. The molecule has 0 unspecified atom stereocenters. The summed E-state index contributed by atoms with van der Waals surface area (Å²) in [6, 6.07) is 3.39. The van der Waals surface area contributed by atoms with E-state index in [9.17, 15) is 21.6 Å². The zero-order valence-electron chi connectivity index (χ0n) is 9.91. The number of nitrogens with zero attached hydrogens (tertiary/aromatic N) is 1. The summed E-state index contributed by atoms with van der Waals surface area (Å²) in [6.45, 7) is -0.528. The van der Waals surface area contributed by atoms with Gasteiger partial charge < -0.3 is 5.73 Å². The van der Waals surface area contributed by atoms with Gasteiger partial charge in [0.05, 0.1) is 15.6 Å². The average molecular weight is 317 g/mol. The van der Waals surface area contributed by atoms with Crippen LogP contribution in [0.5, 0.6) is 0 Å². The summed E-state index contributed by atoms with van der Waals surface area (Å²) in [5.74, 6) is 0.